The third-order valence-electron chi connectivity index (χ3n) is 4.34. The van der Waals surface area contributed by atoms with E-state index in [0.29, 0.717) is 28.4 Å². The van der Waals surface area contributed by atoms with E-state index in [4.69, 9.17) is 0 Å². The summed E-state index contributed by atoms with van der Waals surface area (Å²) >= 11 is 0. The summed E-state index contributed by atoms with van der Waals surface area (Å²) in [5.41, 5.74) is 3.30. The second-order valence-corrected chi connectivity index (χ2v) is 5.97. The molecular formula is C17H15N5O. The number of aromatic nitrogens is 4. The minimum Gasteiger partial charge on any atom is -0.290 e. The molecule has 1 fully saturated rings. The largest absolute Gasteiger partial charge is 0.330 e. The fourth-order valence-electron chi connectivity index (χ4n) is 2.85. The number of fused-ring (bicyclic) bond motifs is 1. The average Bonchev–Trinajstić information content (AvgIpc) is 3.38. The highest BCUT2D eigenvalue weighted by Gasteiger charge is 2.24. The molecule has 1 aliphatic rings. The number of pyridine rings is 2. The molecule has 0 unspecified atom stereocenters. The molecule has 0 radical (unpaired) electrons. The predicted molar refractivity (Wildman–Crippen MR) is 85.6 cm³/mol. The second-order valence-electron chi connectivity index (χ2n) is 5.97. The lowest BCUT2D eigenvalue weighted by molar-refractivity contribution is 0.609. The van der Waals surface area contributed by atoms with Crippen molar-refractivity contribution in [1.29, 1.82) is 5.26 Å². The maximum Gasteiger partial charge on any atom is 0.330 e. The fourth-order valence-corrected chi connectivity index (χ4v) is 2.85. The Morgan fingerprint density at radius 1 is 1.35 bits per heavy atom. The molecule has 0 amide bonds. The van der Waals surface area contributed by atoms with E-state index in [9.17, 15) is 10.1 Å². The van der Waals surface area contributed by atoms with Crippen LogP contribution in [-0.2, 0) is 13.6 Å². The monoisotopic (exact) mass is 305 g/mol. The molecular weight excluding hydrogens is 290 g/mol. The van der Waals surface area contributed by atoms with Gasteiger partial charge in [-0.2, -0.15) is 5.26 Å². The first-order valence-corrected chi connectivity index (χ1v) is 7.60. The van der Waals surface area contributed by atoms with Crippen molar-refractivity contribution in [2.24, 2.45) is 13.0 Å². The molecule has 1 aliphatic carbocycles. The number of aryl methyl sites for hydroxylation is 1. The summed E-state index contributed by atoms with van der Waals surface area (Å²) in [5.74, 6) is 0.612. The summed E-state index contributed by atoms with van der Waals surface area (Å²) in [6.45, 7) is 0.757. The van der Waals surface area contributed by atoms with Crippen LogP contribution in [0.1, 0.15) is 18.4 Å². The van der Waals surface area contributed by atoms with Crippen molar-refractivity contribution in [1.82, 2.24) is 19.1 Å². The Balaban J connectivity index is 1.90. The zero-order chi connectivity index (χ0) is 16.0. The molecule has 0 aliphatic heterocycles. The van der Waals surface area contributed by atoms with E-state index in [2.05, 4.69) is 16.0 Å². The molecule has 3 heterocycles. The molecule has 0 bridgehead atoms. The van der Waals surface area contributed by atoms with Gasteiger partial charge in [0, 0.05) is 31.5 Å². The number of imidazole rings is 1. The van der Waals surface area contributed by atoms with Crippen LogP contribution in [0.15, 0.2) is 35.4 Å². The number of rotatable bonds is 3. The lowest BCUT2D eigenvalue weighted by Gasteiger charge is -2.04. The molecule has 0 atom stereocenters. The van der Waals surface area contributed by atoms with Crippen LogP contribution in [0.25, 0.3) is 22.4 Å². The molecule has 0 N–H and O–H groups in total. The average molecular weight is 305 g/mol. The van der Waals surface area contributed by atoms with Crippen LogP contribution in [0.4, 0.5) is 0 Å². The third kappa shape index (κ3) is 2.21. The molecule has 114 valence electrons. The van der Waals surface area contributed by atoms with E-state index in [1.807, 2.05) is 12.1 Å². The maximum atomic E-state index is 12.4. The zero-order valence-corrected chi connectivity index (χ0v) is 12.7. The SMILES string of the molecule is Cn1c(=O)n(CC2CC2)c2ccc(-c3cnccc3C#N)nc21. The standard InChI is InChI=1S/C17H15N5O/c1-21-16-15(22(17(21)23)10-11-2-3-11)5-4-14(20-16)13-9-19-7-6-12(13)8-18/h4-7,9,11H,2-3,10H2,1H3. The maximum absolute atomic E-state index is 12.4. The predicted octanol–water partition coefficient (Wildman–Crippen LogP) is 2.08. The molecule has 3 aromatic rings. The van der Waals surface area contributed by atoms with E-state index < -0.39 is 0 Å². The van der Waals surface area contributed by atoms with Crippen LogP contribution >= 0.6 is 0 Å². The Kier molecular flexibility index (Phi) is 3.01. The molecule has 6 heteroatoms. The quantitative estimate of drug-likeness (QED) is 0.742. The van der Waals surface area contributed by atoms with Gasteiger partial charge in [0.05, 0.1) is 22.8 Å². The van der Waals surface area contributed by atoms with Crippen LogP contribution < -0.4 is 5.69 Å². The van der Waals surface area contributed by atoms with Gasteiger partial charge in [-0.3, -0.25) is 14.1 Å². The van der Waals surface area contributed by atoms with Gasteiger partial charge in [0.2, 0.25) is 0 Å². The Bertz CT molecular complexity index is 1000. The van der Waals surface area contributed by atoms with E-state index in [1.54, 1.807) is 34.6 Å². The molecule has 23 heavy (non-hydrogen) atoms. The summed E-state index contributed by atoms with van der Waals surface area (Å²) in [4.78, 5) is 21.1. The molecule has 3 aromatic heterocycles. The molecule has 6 nitrogen and oxygen atoms in total. The third-order valence-corrected chi connectivity index (χ3v) is 4.34. The topological polar surface area (TPSA) is 76.5 Å². The smallest absolute Gasteiger partial charge is 0.290 e. The van der Waals surface area contributed by atoms with E-state index in [1.165, 1.54) is 12.8 Å². The van der Waals surface area contributed by atoms with Gasteiger partial charge in [0.1, 0.15) is 0 Å². The van der Waals surface area contributed by atoms with Crippen LogP contribution in [0.3, 0.4) is 0 Å². The lowest BCUT2D eigenvalue weighted by atomic mass is 10.1. The molecule has 4 rings (SSSR count). The van der Waals surface area contributed by atoms with Gasteiger partial charge in [-0.25, -0.2) is 9.78 Å². The van der Waals surface area contributed by atoms with Crippen molar-refractivity contribution in [2.45, 2.75) is 19.4 Å². The summed E-state index contributed by atoms with van der Waals surface area (Å²) in [6, 6.07) is 7.58. The van der Waals surface area contributed by atoms with Gasteiger partial charge in [-0.15, -0.1) is 0 Å². The van der Waals surface area contributed by atoms with Crippen molar-refractivity contribution < 1.29 is 0 Å². The normalized spacial score (nSPS) is 14.1. The van der Waals surface area contributed by atoms with Gasteiger partial charge >= 0.3 is 5.69 Å². The number of nitrogens with zero attached hydrogens (tertiary/aromatic N) is 5. The first kappa shape index (κ1) is 13.7. The number of hydrogen-bond acceptors (Lipinski definition) is 4. The van der Waals surface area contributed by atoms with E-state index in [-0.39, 0.29) is 5.69 Å². The van der Waals surface area contributed by atoms with E-state index in [0.717, 1.165) is 12.1 Å². The van der Waals surface area contributed by atoms with Crippen molar-refractivity contribution in [2.75, 3.05) is 0 Å². The van der Waals surface area contributed by atoms with Crippen molar-refractivity contribution in [3.8, 4) is 17.3 Å². The van der Waals surface area contributed by atoms with Gasteiger partial charge < -0.3 is 0 Å². The Morgan fingerprint density at radius 3 is 2.91 bits per heavy atom. The molecule has 0 spiro atoms. The van der Waals surface area contributed by atoms with Gasteiger partial charge in [-0.1, -0.05) is 0 Å². The highest BCUT2D eigenvalue weighted by Crippen LogP contribution is 2.31. The molecule has 0 aromatic carbocycles. The van der Waals surface area contributed by atoms with Gasteiger partial charge in [-0.05, 0) is 37.0 Å². The highest BCUT2D eigenvalue weighted by molar-refractivity contribution is 5.77. The van der Waals surface area contributed by atoms with Gasteiger partial charge in [0.15, 0.2) is 5.65 Å². The molecule has 0 saturated heterocycles. The van der Waals surface area contributed by atoms with Crippen LogP contribution in [0.2, 0.25) is 0 Å². The Hall–Kier alpha value is -2.94. The minimum atomic E-state index is -0.0387. The van der Waals surface area contributed by atoms with Crippen molar-refractivity contribution in [3.05, 3.63) is 46.6 Å². The van der Waals surface area contributed by atoms with E-state index >= 15 is 0 Å². The fraction of sp³-hybridized carbons (Fsp3) is 0.294. The van der Waals surface area contributed by atoms with Crippen molar-refractivity contribution in [3.63, 3.8) is 0 Å². The van der Waals surface area contributed by atoms with Crippen LogP contribution in [0, 0.1) is 17.2 Å². The highest BCUT2D eigenvalue weighted by atomic mass is 16.1. The Morgan fingerprint density at radius 2 is 2.17 bits per heavy atom. The van der Waals surface area contributed by atoms with Gasteiger partial charge in [0.25, 0.3) is 0 Å². The lowest BCUT2D eigenvalue weighted by Crippen LogP contribution is -2.22. The van der Waals surface area contributed by atoms with Crippen LogP contribution in [0.5, 0.6) is 0 Å². The second kappa shape index (κ2) is 5.06. The number of hydrogen-bond donors (Lipinski definition) is 0. The summed E-state index contributed by atoms with van der Waals surface area (Å²) < 4.78 is 3.38. The summed E-state index contributed by atoms with van der Waals surface area (Å²) in [7, 11) is 1.74. The first-order valence-electron chi connectivity index (χ1n) is 7.60. The van der Waals surface area contributed by atoms with Crippen LogP contribution in [-0.4, -0.2) is 19.1 Å². The zero-order valence-electron chi connectivity index (χ0n) is 12.7. The number of nitriles is 1. The summed E-state index contributed by atoms with van der Waals surface area (Å²) in [5, 5.41) is 9.24. The Labute approximate surface area is 132 Å². The molecule has 1 saturated carbocycles. The first-order chi connectivity index (χ1) is 11.2. The minimum absolute atomic E-state index is 0.0387. The summed E-state index contributed by atoms with van der Waals surface area (Å²) in [6.07, 6.45) is 5.60. The van der Waals surface area contributed by atoms with Crippen molar-refractivity contribution >= 4 is 11.2 Å².